The first-order valence-corrected chi connectivity index (χ1v) is 12.3. The van der Waals surface area contributed by atoms with E-state index < -0.39 is 0 Å². The van der Waals surface area contributed by atoms with Crippen molar-refractivity contribution in [1.29, 1.82) is 0 Å². The highest BCUT2D eigenvalue weighted by Gasteiger charge is 2.15. The van der Waals surface area contributed by atoms with Crippen LogP contribution in [0.25, 0.3) is 22.1 Å². The molecule has 5 aromatic rings. The normalized spacial score (nSPS) is 12.8. The second kappa shape index (κ2) is 9.98. The minimum absolute atomic E-state index is 0.110. The molecule has 6 nitrogen and oxygen atoms in total. The minimum Gasteiger partial charge on any atom is -0.493 e. The van der Waals surface area contributed by atoms with E-state index in [1.807, 2.05) is 67.6 Å². The second-order valence-electron chi connectivity index (χ2n) is 8.21. The van der Waals surface area contributed by atoms with Gasteiger partial charge in [-0.3, -0.25) is 4.79 Å². The molecular weight excluding hydrogens is 484 g/mol. The molecule has 5 rings (SSSR count). The second-order valence-corrected chi connectivity index (χ2v) is 9.62. The molecule has 8 heteroatoms. The summed E-state index contributed by atoms with van der Waals surface area (Å²) in [6.45, 7) is 2.96. The third kappa shape index (κ3) is 4.83. The SMILES string of the molecule is COc1cc(/C=c2\sc3nc4ccccc4n3c2=O)cc(Cl)c1OC[C@H](C)COc1ccccc1. The van der Waals surface area contributed by atoms with E-state index in [2.05, 4.69) is 4.98 Å². The number of rotatable bonds is 8. The van der Waals surface area contributed by atoms with Crippen molar-refractivity contribution in [3.05, 3.63) is 92.2 Å². The molecule has 2 aromatic heterocycles. The van der Waals surface area contributed by atoms with Crippen LogP contribution >= 0.6 is 22.9 Å². The van der Waals surface area contributed by atoms with Crippen molar-refractivity contribution in [3.8, 4) is 17.2 Å². The fraction of sp³-hybridized carbons (Fsp3) is 0.185. The number of methoxy groups -OCH3 is 1. The summed E-state index contributed by atoms with van der Waals surface area (Å²) in [5.41, 5.74) is 2.23. The molecule has 1 atom stereocenters. The van der Waals surface area contributed by atoms with Gasteiger partial charge in [0.2, 0.25) is 0 Å². The maximum absolute atomic E-state index is 13.1. The van der Waals surface area contributed by atoms with Crippen molar-refractivity contribution in [1.82, 2.24) is 9.38 Å². The van der Waals surface area contributed by atoms with Gasteiger partial charge in [-0.2, -0.15) is 0 Å². The van der Waals surface area contributed by atoms with Crippen LogP contribution in [-0.4, -0.2) is 29.7 Å². The molecule has 178 valence electrons. The molecule has 2 heterocycles. The molecule has 0 spiro atoms. The number of imidazole rings is 1. The largest absolute Gasteiger partial charge is 0.493 e. The molecular formula is C27H23ClN2O4S. The molecule has 0 amide bonds. The van der Waals surface area contributed by atoms with Crippen LogP contribution in [-0.2, 0) is 0 Å². The summed E-state index contributed by atoms with van der Waals surface area (Å²) in [6.07, 6.45) is 1.80. The molecule has 0 fully saturated rings. The van der Waals surface area contributed by atoms with E-state index in [0.29, 0.717) is 39.2 Å². The van der Waals surface area contributed by atoms with E-state index in [-0.39, 0.29) is 11.5 Å². The van der Waals surface area contributed by atoms with E-state index in [1.54, 1.807) is 23.7 Å². The Bertz CT molecular complexity index is 1600. The number of thiazole rings is 1. The van der Waals surface area contributed by atoms with Crippen molar-refractivity contribution in [3.63, 3.8) is 0 Å². The number of fused-ring (bicyclic) bond motifs is 3. The van der Waals surface area contributed by atoms with Crippen molar-refractivity contribution in [2.75, 3.05) is 20.3 Å². The molecule has 0 aliphatic rings. The fourth-order valence-electron chi connectivity index (χ4n) is 3.76. The van der Waals surface area contributed by atoms with Crippen LogP contribution in [0, 0.1) is 5.92 Å². The van der Waals surface area contributed by atoms with Crippen LogP contribution in [0.15, 0.2) is 71.5 Å². The molecule has 0 saturated carbocycles. The average Bonchev–Trinajstić information content (AvgIpc) is 3.38. The van der Waals surface area contributed by atoms with Gasteiger partial charge in [-0.15, -0.1) is 0 Å². The zero-order chi connectivity index (χ0) is 24.4. The van der Waals surface area contributed by atoms with Gasteiger partial charge in [0.1, 0.15) is 5.75 Å². The monoisotopic (exact) mass is 506 g/mol. The number of ether oxygens (including phenoxy) is 3. The standard InChI is InChI=1S/C27H23ClN2O4S/c1-17(15-33-19-8-4-3-5-9-19)16-34-25-20(28)12-18(13-23(25)32-2)14-24-26(31)30-22-11-7-6-10-21(22)29-27(30)35-24/h3-14,17H,15-16H2,1-2H3/b24-14-/t17-/m1/s1. The zero-order valence-electron chi connectivity index (χ0n) is 19.2. The maximum Gasteiger partial charge on any atom is 0.274 e. The van der Waals surface area contributed by atoms with Gasteiger partial charge >= 0.3 is 0 Å². The lowest BCUT2D eigenvalue weighted by Crippen LogP contribution is -2.22. The van der Waals surface area contributed by atoms with Crippen LogP contribution in [0.4, 0.5) is 0 Å². The number of hydrogen-bond donors (Lipinski definition) is 0. The van der Waals surface area contributed by atoms with E-state index in [0.717, 1.165) is 22.3 Å². The highest BCUT2D eigenvalue weighted by Crippen LogP contribution is 2.37. The Morgan fingerprint density at radius 3 is 2.60 bits per heavy atom. The zero-order valence-corrected chi connectivity index (χ0v) is 20.8. The summed E-state index contributed by atoms with van der Waals surface area (Å²) in [5, 5.41) is 0.408. The Labute approximate surface area is 211 Å². The lowest BCUT2D eigenvalue weighted by Gasteiger charge is -2.17. The summed E-state index contributed by atoms with van der Waals surface area (Å²) in [4.78, 5) is 18.3. The lowest BCUT2D eigenvalue weighted by molar-refractivity contribution is 0.184. The van der Waals surface area contributed by atoms with Gasteiger partial charge in [0.15, 0.2) is 16.5 Å². The molecule has 0 aliphatic heterocycles. The van der Waals surface area contributed by atoms with Crippen LogP contribution in [0.3, 0.4) is 0 Å². The van der Waals surface area contributed by atoms with E-state index >= 15 is 0 Å². The Kier molecular flexibility index (Phi) is 6.61. The van der Waals surface area contributed by atoms with Gasteiger partial charge in [-0.1, -0.05) is 60.2 Å². The van der Waals surface area contributed by atoms with Crippen LogP contribution in [0.5, 0.6) is 17.2 Å². The highest BCUT2D eigenvalue weighted by molar-refractivity contribution is 7.15. The molecule has 0 unspecified atom stereocenters. The first-order chi connectivity index (χ1) is 17.0. The van der Waals surface area contributed by atoms with Gasteiger partial charge in [0, 0.05) is 5.92 Å². The predicted octanol–water partition coefficient (Wildman–Crippen LogP) is 5.21. The Morgan fingerprint density at radius 2 is 1.80 bits per heavy atom. The molecule has 0 radical (unpaired) electrons. The first kappa shape index (κ1) is 23.2. The first-order valence-electron chi connectivity index (χ1n) is 11.1. The Balaban J connectivity index is 1.36. The summed E-state index contributed by atoms with van der Waals surface area (Å²) in [6, 6.07) is 20.8. The van der Waals surface area contributed by atoms with E-state index in [1.165, 1.54) is 11.3 Å². The van der Waals surface area contributed by atoms with Gasteiger partial charge in [-0.05, 0) is 48.0 Å². The fourth-order valence-corrected chi connectivity index (χ4v) is 5.02. The summed E-state index contributed by atoms with van der Waals surface area (Å²) < 4.78 is 19.5. The number of benzene rings is 3. The lowest BCUT2D eigenvalue weighted by atomic mass is 10.2. The molecule has 35 heavy (non-hydrogen) atoms. The molecule has 0 aliphatic carbocycles. The average molecular weight is 507 g/mol. The Morgan fingerprint density at radius 1 is 1.06 bits per heavy atom. The van der Waals surface area contributed by atoms with Gasteiger partial charge in [0.25, 0.3) is 5.56 Å². The quantitative estimate of drug-likeness (QED) is 0.289. The van der Waals surface area contributed by atoms with E-state index in [9.17, 15) is 4.79 Å². The molecule has 0 saturated heterocycles. The van der Waals surface area contributed by atoms with Crippen molar-refractivity contribution >= 4 is 45.0 Å². The molecule has 0 bridgehead atoms. The molecule has 3 aromatic carbocycles. The van der Waals surface area contributed by atoms with Gasteiger partial charge in [0.05, 0.1) is 40.9 Å². The van der Waals surface area contributed by atoms with Crippen LogP contribution in [0.2, 0.25) is 5.02 Å². The van der Waals surface area contributed by atoms with E-state index in [4.69, 9.17) is 25.8 Å². The Hall–Kier alpha value is -3.55. The number of nitrogens with zero attached hydrogens (tertiary/aromatic N) is 2. The number of halogens is 1. The predicted molar refractivity (Wildman–Crippen MR) is 140 cm³/mol. The smallest absolute Gasteiger partial charge is 0.274 e. The summed E-state index contributed by atoms with van der Waals surface area (Å²) in [7, 11) is 1.56. The van der Waals surface area contributed by atoms with Crippen molar-refractivity contribution < 1.29 is 14.2 Å². The van der Waals surface area contributed by atoms with Crippen molar-refractivity contribution in [2.45, 2.75) is 6.92 Å². The summed E-state index contributed by atoms with van der Waals surface area (Å²) in [5.74, 6) is 1.91. The number of hydrogen-bond acceptors (Lipinski definition) is 6. The minimum atomic E-state index is -0.110. The van der Waals surface area contributed by atoms with Gasteiger partial charge < -0.3 is 14.2 Å². The number of para-hydroxylation sites is 3. The van der Waals surface area contributed by atoms with Crippen LogP contribution < -0.4 is 24.3 Å². The third-order valence-electron chi connectivity index (χ3n) is 5.48. The van der Waals surface area contributed by atoms with Crippen LogP contribution in [0.1, 0.15) is 12.5 Å². The highest BCUT2D eigenvalue weighted by atomic mass is 35.5. The molecule has 0 N–H and O–H groups in total. The topological polar surface area (TPSA) is 62.1 Å². The number of aromatic nitrogens is 2. The van der Waals surface area contributed by atoms with Crippen molar-refractivity contribution in [2.24, 2.45) is 5.92 Å². The summed E-state index contributed by atoms with van der Waals surface area (Å²) >= 11 is 7.90. The third-order valence-corrected chi connectivity index (χ3v) is 6.73. The maximum atomic E-state index is 13.1. The van der Waals surface area contributed by atoms with Gasteiger partial charge in [-0.25, -0.2) is 9.38 Å².